The summed E-state index contributed by atoms with van der Waals surface area (Å²) < 4.78 is 5.93. The van der Waals surface area contributed by atoms with E-state index in [1.807, 2.05) is 47.4 Å². The Kier molecular flexibility index (Phi) is 11.3. The number of nitrogens with one attached hydrogen (secondary N) is 1. The predicted molar refractivity (Wildman–Crippen MR) is 165 cm³/mol. The molecule has 1 atom stereocenters. The van der Waals surface area contributed by atoms with Crippen LogP contribution in [0.5, 0.6) is 11.5 Å². The SMILES string of the molecule is N#CN=C(N)N(c1ccc(Oc2ccc(Cl)c(Cl)c2)cc1)[C@H](CCC(=O)NCCN1CCCC1)Cc1ccccc1. The van der Waals surface area contributed by atoms with Crippen LogP contribution in [0.1, 0.15) is 31.2 Å². The van der Waals surface area contributed by atoms with Crippen LogP contribution in [0.3, 0.4) is 0 Å². The molecule has 1 heterocycles. The van der Waals surface area contributed by atoms with Crippen molar-refractivity contribution in [3.8, 4) is 17.7 Å². The third kappa shape index (κ3) is 9.12. The van der Waals surface area contributed by atoms with Gasteiger partial charge in [0.2, 0.25) is 18.1 Å². The highest BCUT2D eigenvalue weighted by Gasteiger charge is 2.24. The average molecular weight is 594 g/mol. The molecule has 0 unspecified atom stereocenters. The number of ether oxygens (including phenoxy) is 1. The molecule has 8 nitrogen and oxygen atoms in total. The molecule has 0 bridgehead atoms. The van der Waals surface area contributed by atoms with Gasteiger partial charge in [-0.1, -0.05) is 53.5 Å². The van der Waals surface area contributed by atoms with Gasteiger partial charge in [-0.25, -0.2) is 0 Å². The minimum absolute atomic E-state index is 0.0108. The number of nitriles is 1. The quantitative estimate of drug-likeness (QED) is 0.152. The summed E-state index contributed by atoms with van der Waals surface area (Å²) in [7, 11) is 0. The van der Waals surface area contributed by atoms with Crippen molar-refractivity contribution < 1.29 is 9.53 Å². The normalized spacial score (nSPS) is 14.3. The Hall–Kier alpha value is -3.77. The fourth-order valence-electron chi connectivity index (χ4n) is 4.94. The van der Waals surface area contributed by atoms with Gasteiger partial charge in [-0.05, 0) is 80.7 Å². The van der Waals surface area contributed by atoms with E-state index in [0.29, 0.717) is 47.4 Å². The van der Waals surface area contributed by atoms with Crippen LogP contribution in [0.2, 0.25) is 10.0 Å². The molecule has 10 heteroatoms. The highest BCUT2D eigenvalue weighted by Crippen LogP contribution is 2.31. The summed E-state index contributed by atoms with van der Waals surface area (Å²) in [6, 6.07) is 22.1. The highest BCUT2D eigenvalue weighted by molar-refractivity contribution is 6.42. The molecule has 3 N–H and O–H groups in total. The Balaban J connectivity index is 1.51. The van der Waals surface area contributed by atoms with Gasteiger partial charge in [0, 0.05) is 37.3 Å². The van der Waals surface area contributed by atoms with E-state index in [2.05, 4.69) is 15.2 Å². The molecule has 0 saturated carbocycles. The zero-order valence-corrected chi connectivity index (χ0v) is 24.3. The maximum Gasteiger partial charge on any atom is 0.220 e. The van der Waals surface area contributed by atoms with E-state index in [-0.39, 0.29) is 17.9 Å². The van der Waals surface area contributed by atoms with Crippen molar-refractivity contribution in [2.24, 2.45) is 10.7 Å². The van der Waals surface area contributed by atoms with E-state index < -0.39 is 0 Å². The van der Waals surface area contributed by atoms with Crippen LogP contribution >= 0.6 is 23.2 Å². The maximum absolute atomic E-state index is 12.8. The number of carbonyl (C=O) groups is 1. The zero-order valence-electron chi connectivity index (χ0n) is 22.8. The first kappa shape index (κ1) is 30.2. The lowest BCUT2D eigenvalue weighted by Gasteiger charge is -2.33. The highest BCUT2D eigenvalue weighted by atomic mass is 35.5. The van der Waals surface area contributed by atoms with Crippen LogP contribution in [0.4, 0.5) is 5.69 Å². The van der Waals surface area contributed by atoms with Crippen molar-refractivity contribution in [2.45, 2.75) is 38.1 Å². The number of nitrogens with two attached hydrogens (primary N) is 1. The third-order valence-electron chi connectivity index (χ3n) is 6.99. The fourth-order valence-corrected chi connectivity index (χ4v) is 5.23. The summed E-state index contributed by atoms with van der Waals surface area (Å²) in [6.45, 7) is 3.69. The number of amides is 1. The van der Waals surface area contributed by atoms with Gasteiger partial charge in [-0.2, -0.15) is 5.26 Å². The number of benzene rings is 3. The number of halogens is 2. The maximum atomic E-state index is 12.8. The van der Waals surface area contributed by atoms with Crippen molar-refractivity contribution in [3.05, 3.63) is 88.4 Å². The molecule has 41 heavy (non-hydrogen) atoms. The largest absolute Gasteiger partial charge is 0.457 e. The second-order valence-corrected chi connectivity index (χ2v) is 10.7. The smallest absolute Gasteiger partial charge is 0.220 e. The standard InChI is InChI=1S/C31H34Cl2N6O2/c32-28-14-13-27(21-29(28)33)41-26-11-8-24(9-12-26)39(31(35)37-22-34)25(20-23-6-2-1-3-7-23)10-15-30(40)36-16-19-38-17-4-5-18-38/h1-3,6-9,11-14,21,25H,4-5,10,15-20H2,(H2,35,37)(H,36,40)/t25-/m1/s1. The molecule has 1 saturated heterocycles. The van der Waals surface area contributed by atoms with E-state index >= 15 is 0 Å². The third-order valence-corrected chi connectivity index (χ3v) is 7.72. The molecule has 0 aliphatic carbocycles. The van der Waals surface area contributed by atoms with Crippen LogP contribution in [-0.2, 0) is 11.2 Å². The lowest BCUT2D eigenvalue weighted by molar-refractivity contribution is -0.121. The minimum Gasteiger partial charge on any atom is -0.457 e. The van der Waals surface area contributed by atoms with Gasteiger partial charge in [-0.3, -0.25) is 4.79 Å². The van der Waals surface area contributed by atoms with Crippen LogP contribution in [0.25, 0.3) is 0 Å². The van der Waals surface area contributed by atoms with Crippen molar-refractivity contribution in [1.29, 1.82) is 5.26 Å². The van der Waals surface area contributed by atoms with E-state index in [4.69, 9.17) is 33.7 Å². The Morgan fingerprint density at radius 1 is 1.05 bits per heavy atom. The molecule has 1 aliphatic rings. The molecular weight excluding hydrogens is 559 g/mol. The number of anilines is 1. The van der Waals surface area contributed by atoms with Gasteiger partial charge < -0.3 is 25.6 Å². The van der Waals surface area contributed by atoms with E-state index in [1.54, 1.807) is 36.5 Å². The van der Waals surface area contributed by atoms with Gasteiger partial charge >= 0.3 is 0 Å². The minimum atomic E-state index is -0.235. The average Bonchev–Trinajstić information content (AvgIpc) is 3.49. The van der Waals surface area contributed by atoms with Gasteiger partial charge in [-0.15, -0.1) is 4.99 Å². The summed E-state index contributed by atoms with van der Waals surface area (Å²) in [5, 5.41) is 13.2. The Morgan fingerprint density at radius 3 is 2.44 bits per heavy atom. The Morgan fingerprint density at radius 2 is 1.76 bits per heavy atom. The summed E-state index contributed by atoms with van der Waals surface area (Å²) in [5.74, 6) is 1.18. The summed E-state index contributed by atoms with van der Waals surface area (Å²) in [6.07, 6.45) is 5.66. The van der Waals surface area contributed by atoms with E-state index in [9.17, 15) is 10.1 Å². The molecule has 0 aromatic heterocycles. The molecule has 3 aromatic rings. The Labute approximate surface area is 251 Å². The van der Waals surface area contributed by atoms with Crippen LogP contribution in [0, 0.1) is 11.5 Å². The van der Waals surface area contributed by atoms with E-state index in [0.717, 1.165) is 30.9 Å². The number of carbonyl (C=O) groups excluding carboxylic acids is 1. The molecule has 1 aliphatic heterocycles. The first-order chi connectivity index (χ1) is 19.9. The van der Waals surface area contributed by atoms with Crippen molar-refractivity contribution >= 4 is 40.8 Å². The number of nitrogens with zero attached hydrogens (tertiary/aromatic N) is 4. The van der Waals surface area contributed by atoms with Gasteiger partial charge in [0.1, 0.15) is 11.5 Å². The molecule has 0 spiro atoms. The number of likely N-dealkylation sites (tertiary alicyclic amines) is 1. The monoisotopic (exact) mass is 592 g/mol. The number of aliphatic imine (C=N–C) groups is 1. The van der Waals surface area contributed by atoms with Crippen molar-refractivity contribution in [2.75, 3.05) is 31.1 Å². The molecule has 3 aromatic carbocycles. The first-order valence-corrected chi connectivity index (χ1v) is 14.5. The van der Waals surface area contributed by atoms with E-state index in [1.165, 1.54) is 12.8 Å². The molecule has 4 rings (SSSR count). The number of guanidine groups is 1. The summed E-state index contributed by atoms with van der Waals surface area (Å²) >= 11 is 12.1. The molecule has 1 fully saturated rings. The second kappa shape index (κ2) is 15.3. The second-order valence-electron chi connectivity index (χ2n) is 9.89. The zero-order chi connectivity index (χ0) is 29.0. The Bertz CT molecular complexity index is 1360. The lowest BCUT2D eigenvalue weighted by Crippen LogP contribution is -2.46. The van der Waals surface area contributed by atoms with Crippen LogP contribution in [0.15, 0.2) is 77.8 Å². The lowest BCUT2D eigenvalue weighted by atomic mass is 9.99. The van der Waals surface area contributed by atoms with Crippen LogP contribution < -0.4 is 20.7 Å². The van der Waals surface area contributed by atoms with Crippen LogP contribution in [-0.4, -0.2) is 49.0 Å². The number of rotatable bonds is 12. The predicted octanol–water partition coefficient (Wildman–Crippen LogP) is 5.99. The summed E-state index contributed by atoms with van der Waals surface area (Å²) in [5.41, 5.74) is 8.16. The summed E-state index contributed by atoms with van der Waals surface area (Å²) in [4.78, 5) is 20.8. The van der Waals surface area contributed by atoms with Crippen molar-refractivity contribution in [3.63, 3.8) is 0 Å². The molecule has 0 radical (unpaired) electrons. The van der Waals surface area contributed by atoms with Gasteiger partial charge in [0.05, 0.1) is 10.0 Å². The molecule has 1 amide bonds. The van der Waals surface area contributed by atoms with Gasteiger partial charge in [0.15, 0.2) is 0 Å². The fraction of sp³-hybridized carbons (Fsp3) is 0.323. The van der Waals surface area contributed by atoms with Gasteiger partial charge in [0.25, 0.3) is 0 Å². The number of hydrogen-bond donors (Lipinski definition) is 2. The molecular formula is C31H34Cl2N6O2. The van der Waals surface area contributed by atoms with Crippen molar-refractivity contribution in [1.82, 2.24) is 10.2 Å². The number of hydrogen-bond acceptors (Lipinski definition) is 5. The first-order valence-electron chi connectivity index (χ1n) is 13.7. The topological polar surface area (TPSA) is 107 Å². The molecule has 214 valence electrons.